The van der Waals surface area contributed by atoms with Crippen LogP contribution in [0.2, 0.25) is 0 Å². The van der Waals surface area contributed by atoms with E-state index in [1.54, 1.807) is 16.4 Å². The Balaban J connectivity index is 2.30. The van der Waals surface area contributed by atoms with Crippen LogP contribution in [-0.4, -0.2) is 37.3 Å². The molecule has 0 saturated carbocycles. The molecule has 6 heteroatoms. The maximum absolute atomic E-state index is 13.0. The van der Waals surface area contributed by atoms with E-state index in [4.69, 9.17) is 0 Å². The van der Waals surface area contributed by atoms with Gasteiger partial charge < -0.3 is 5.32 Å². The van der Waals surface area contributed by atoms with E-state index < -0.39 is 10.0 Å². The highest BCUT2D eigenvalue weighted by Gasteiger charge is 2.31. The number of carbonyl (C=O) groups is 1. The minimum atomic E-state index is -3.57. The van der Waals surface area contributed by atoms with Gasteiger partial charge in [0.2, 0.25) is 10.0 Å². The summed E-state index contributed by atoms with van der Waals surface area (Å²) in [6.45, 7) is 8.37. The Labute approximate surface area is 151 Å². The molecule has 1 fully saturated rings. The van der Waals surface area contributed by atoms with E-state index in [0.29, 0.717) is 12.1 Å². The standard InChI is InChI=1S/C19H30N2O3S/c1-5-8-15(3)20-19(22)18-13-17(11-10-14(18)2)25(23,24)21-12-7-6-9-16(21)4/h10-11,13,15-16H,5-9,12H2,1-4H3,(H,20,22)/t15-,16+/m1/s1. The second kappa shape index (κ2) is 8.32. The summed E-state index contributed by atoms with van der Waals surface area (Å²) in [5.74, 6) is -0.206. The van der Waals surface area contributed by atoms with Crippen molar-refractivity contribution in [3.05, 3.63) is 29.3 Å². The number of rotatable bonds is 6. The molecule has 2 rings (SSSR count). The number of sulfonamides is 1. The molecule has 0 aromatic heterocycles. The molecule has 1 heterocycles. The van der Waals surface area contributed by atoms with Crippen molar-refractivity contribution in [3.8, 4) is 0 Å². The molecule has 1 aliphatic heterocycles. The molecule has 0 unspecified atom stereocenters. The topological polar surface area (TPSA) is 66.5 Å². The number of amides is 1. The van der Waals surface area contributed by atoms with Crippen molar-refractivity contribution < 1.29 is 13.2 Å². The van der Waals surface area contributed by atoms with E-state index in [1.807, 2.05) is 20.8 Å². The van der Waals surface area contributed by atoms with E-state index in [0.717, 1.165) is 37.7 Å². The van der Waals surface area contributed by atoms with Gasteiger partial charge >= 0.3 is 0 Å². The molecule has 1 aromatic rings. The molecule has 0 spiro atoms. The molecule has 25 heavy (non-hydrogen) atoms. The molecule has 1 saturated heterocycles. The molecule has 0 aliphatic carbocycles. The van der Waals surface area contributed by atoms with Crippen LogP contribution in [0.25, 0.3) is 0 Å². The van der Waals surface area contributed by atoms with Gasteiger partial charge in [-0.25, -0.2) is 8.42 Å². The molecule has 1 N–H and O–H groups in total. The van der Waals surface area contributed by atoms with Crippen LogP contribution in [0.5, 0.6) is 0 Å². The van der Waals surface area contributed by atoms with Crippen LogP contribution >= 0.6 is 0 Å². The normalized spacial score (nSPS) is 20.2. The third-order valence-electron chi connectivity index (χ3n) is 4.90. The molecule has 2 atom stereocenters. The zero-order valence-corrected chi connectivity index (χ0v) is 16.5. The Bertz CT molecular complexity index is 715. The molecule has 5 nitrogen and oxygen atoms in total. The first-order valence-corrected chi connectivity index (χ1v) is 10.6. The van der Waals surface area contributed by atoms with Crippen molar-refractivity contribution in [3.63, 3.8) is 0 Å². The fraction of sp³-hybridized carbons (Fsp3) is 0.632. The lowest BCUT2D eigenvalue weighted by molar-refractivity contribution is 0.0937. The van der Waals surface area contributed by atoms with Gasteiger partial charge in [-0.15, -0.1) is 0 Å². The third-order valence-corrected chi connectivity index (χ3v) is 6.91. The lowest BCUT2D eigenvalue weighted by atomic mass is 10.1. The maximum Gasteiger partial charge on any atom is 0.251 e. The largest absolute Gasteiger partial charge is 0.350 e. The Morgan fingerprint density at radius 2 is 2.08 bits per heavy atom. The Morgan fingerprint density at radius 3 is 2.72 bits per heavy atom. The highest BCUT2D eigenvalue weighted by Crippen LogP contribution is 2.26. The molecule has 0 radical (unpaired) electrons. The summed E-state index contributed by atoms with van der Waals surface area (Å²) in [7, 11) is -3.57. The van der Waals surface area contributed by atoms with Gasteiger partial charge in [0.05, 0.1) is 4.90 Å². The quantitative estimate of drug-likeness (QED) is 0.838. The van der Waals surface area contributed by atoms with Crippen molar-refractivity contribution in [1.29, 1.82) is 0 Å². The summed E-state index contributed by atoms with van der Waals surface area (Å²) in [5, 5.41) is 2.96. The van der Waals surface area contributed by atoms with Crippen LogP contribution in [-0.2, 0) is 10.0 Å². The van der Waals surface area contributed by atoms with E-state index in [2.05, 4.69) is 12.2 Å². The number of nitrogens with zero attached hydrogens (tertiary/aromatic N) is 1. The van der Waals surface area contributed by atoms with Gasteiger partial charge in [-0.05, 0) is 57.7 Å². The van der Waals surface area contributed by atoms with E-state index >= 15 is 0 Å². The average molecular weight is 367 g/mol. The summed E-state index contributed by atoms with van der Waals surface area (Å²) >= 11 is 0. The Morgan fingerprint density at radius 1 is 1.36 bits per heavy atom. The smallest absolute Gasteiger partial charge is 0.251 e. The second-order valence-electron chi connectivity index (χ2n) is 7.10. The van der Waals surface area contributed by atoms with Crippen LogP contribution < -0.4 is 5.32 Å². The number of hydrogen-bond donors (Lipinski definition) is 1. The van der Waals surface area contributed by atoms with Crippen molar-refractivity contribution in [2.24, 2.45) is 0 Å². The van der Waals surface area contributed by atoms with Gasteiger partial charge in [0.15, 0.2) is 0 Å². The summed E-state index contributed by atoms with van der Waals surface area (Å²) in [5.41, 5.74) is 1.22. The maximum atomic E-state index is 13.0. The molecular formula is C19H30N2O3S. The number of aryl methyl sites for hydroxylation is 1. The van der Waals surface area contributed by atoms with E-state index in [-0.39, 0.29) is 22.9 Å². The van der Waals surface area contributed by atoms with Gasteiger partial charge in [-0.3, -0.25) is 4.79 Å². The van der Waals surface area contributed by atoms with Crippen LogP contribution in [0.4, 0.5) is 0 Å². The highest BCUT2D eigenvalue weighted by atomic mass is 32.2. The second-order valence-corrected chi connectivity index (χ2v) is 8.99. The minimum absolute atomic E-state index is 0.00176. The van der Waals surface area contributed by atoms with Crippen LogP contribution in [0.1, 0.15) is 68.8 Å². The Hall–Kier alpha value is -1.40. The van der Waals surface area contributed by atoms with E-state index in [1.165, 1.54) is 6.07 Å². The molecule has 1 amide bonds. The van der Waals surface area contributed by atoms with Crippen LogP contribution in [0, 0.1) is 6.92 Å². The number of carbonyl (C=O) groups excluding carboxylic acids is 1. The average Bonchev–Trinajstić information content (AvgIpc) is 2.55. The predicted molar refractivity (Wildman–Crippen MR) is 100 cm³/mol. The van der Waals surface area contributed by atoms with Gasteiger partial charge in [-0.1, -0.05) is 25.8 Å². The highest BCUT2D eigenvalue weighted by molar-refractivity contribution is 7.89. The monoisotopic (exact) mass is 366 g/mol. The zero-order valence-electron chi connectivity index (χ0n) is 15.7. The summed E-state index contributed by atoms with van der Waals surface area (Å²) in [6.07, 6.45) is 4.71. The van der Waals surface area contributed by atoms with Crippen molar-refractivity contribution >= 4 is 15.9 Å². The van der Waals surface area contributed by atoms with Crippen molar-refractivity contribution in [2.75, 3.05) is 6.54 Å². The molecule has 0 bridgehead atoms. The first kappa shape index (κ1) is 19.9. The number of piperidine rings is 1. The molecule has 1 aromatic carbocycles. The van der Waals surface area contributed by atoms with Crippen LogP contribution in [0.3, 0.4) is 0 Å². The predicted octanol–water partition coefficient (Wildman–Crippen LogP) is 3.48. The Kier molecular flexibility index (Phi) is 6.63. The minimum Gasteiger partial charge on any atom is -0.350 e. The number of nitrogens with one attached hydrogen (secondary N) is 1. The fourth-order valence-electron chi connectivity index (χ4n) is 3.38. The van der Waals surface area contributed by atoms with Gasteiger partial charge in [0, 0.05) is 24.2 Å². The fourth-order valence-corrected chi connectivity index (χ4v) is 5.10. The van der Waals surface area contributed by atoms with E-state index in [9.17, 15) is 13.2 Å². The van der Waals surface area contributed by atoms with Gasteiger partial charge in [0.1, 0.15) is 0 Å². The summed E-state index contributed by atoms with van der Waals surface area (Å²) in [6, 6.07) is 4.93. The third kappa shape index (κ3) is 4.61. The number of hydrogen-bond acceptors (Lipinski definition) is 3. The van der Waals surface area contributed by atoms with Crippen molar-refractivity contribution in [1.82, 2.24) is 9.62 Å². The zero-order chi connectivity index (χ0) is 18.6. The van der Waals surface area contributed by atoms with Crippen molar-refractivity contribution in [2.45, 2.75) is 76.8 Å². The molecule has 140 valence electrons. The lowest BCUT2D eigenvalue weighted by Crippen LogP contribution is -2.42. The molecule has 1 aliphatic rings. The first-order valence-electron chi connectivity index (χ1n) is 9.20. The summed E-state index contributed by atoms with van der Waals surface area (Å²) < 4.78 is 27.6. The SMILES string of the molecule is CCC[C@@H](C)NC(=O)c1cc(S(=O)(=O)N2CCCC[C@@H]2C)ccc1C. The summed E-state index contributed by atoms with van der Waals surface area (Å²) in [4.78, 5) is 12.8. The number of benzene rings is 1. The van der Waals surface area contributed by atoms with Gasteiger partial charge in [-0.2, -0.15) is 4.31 Å². The van der Waals surface area contributed by atoms with Crippen LogP contribution in [0.15, 0.2) is 23.1 Å². The lowest BCUT2D eigenvalue weighted by Gasteiger charge is -2.32. The molecular weight excluding hydrogens is 336 g/mol. The van der Waals surface area contributed by atoms with Gasteiger partial charge in [0.25, 0.3) is 5.91 Å². The first-order chi connectivity index (χ1) is 11.8.